The smallest absolute Gasteiger partial charge is 0.375 e. The van der Waals surface area contributed by atoms with Crippen LogP contribution in [0.2, 0.25) is 0 Å². The van der Waals surface area contributed by atoms with Crippen molar-refractivity contribution >= 4 is 22.8 Å². The number of aryl methyl sites for hydroxylation is 1. The van der Waals surface area contributed by atoms with E-state index in [0.717, 1.165) is 22.9 Å². The Morgan fingerprint density at radius 1 is 1.07 bits per heavy atom. The highest BCUT2D eigenvalue weighted by molar-refractivity contribution is 5.96. The molecule has 1 heterocycles. The molecule has 0 aliphatic heterocycles. The van der Waals surface area contributed by atoms with E-state index in [2.05, 4.69) is 5.32 Å². The summed E-state index contributed by atoms with van der Waals surface area (Å²) in [5, 5.41) is 3.71. The number of hydrogen-bond donors (Lipinski definition) is 1. The van der Waals surface area contributed by atoms with E-state index >= 15 is 0 Å². The number of para-hydroxylation sites is 1. The first-order valence-electron chi connectivity index (χ1n) is 10.1. The standard InChI is InChI=1S/C24H27NO5/c1-4-20(17-12-10-16(3)11-13-17)25-22(26)15-29-24(27)23-19(14-28-5-2)18-8-6-7-9-21(18)30-23/h6-13,20H,4-5,14-15H2,1-3H3,(H,25,26)/t20-/m0/s1. The minimum absolute atomic E-state index is 0.0722. The third-order valence-electron chi connectivity index (χ3n) is 4.89. The highest BCUT2D eigenvalue weighted by Crippen LogP contribution is 2.27. The number of nitrogens with one attached hydrogen (secondary N) is 1. The lowest BCUT2D eigenvalue weighted by molar-refractivity contribution is -0.125. The molecule has 30 heavy (non-hydrogen) atoms. The number of furan rings is 1. The van der Waals surface area contributed by atoms with Gasteiger partial charge in [-0.25, -0.2) is 4.79 Å². The Hall–Kier alpha value is -3.12. The second-order valence-corrected chi connectivity index (χ2v) is 7.06. The summed E-state index contributed by atoms with van der Waals surface area (Å²) in [5.41, 5.74) is 3.37. The molecular formula is C24H27NO5. The van der Waals surface area contributed by atoms with Gasteiger partial charge in [0.2, 0.25) is 5.76 Å². The number of rotatable bonds is 9. The fourth-order valence-electron chi connectivity index (χ4n) is 3.26. The minimum atomic E-state index is -0.681. The summed E-state index contributed by atoms with van der Waals surface area (Å²) in [4.78, 5) is 25.0. The maximum Gasteiger partial charge on any atom is 0.375 e. The Morgan fingerprint density at radius 3 is 2.50 bits per heavy atom. The first-order chi connectivity index (χ1) is 14.5. The lowest BCUT2D eigenvalue weighted by Crippen LogP contribution is -2.32. The van der Waals surface area contributed by atoms with Crippen molar-refractivity contribution in [2.24, 2.45) is 0 Å². The van der Waals surface area contributed by atoms with E-state index < -0.39 is 5.97 Å². The number of hydrogen-bond acceptors (Lipinski definition) is 5. The Labute approximate surface area is 176 Å². The van der Waals surface area contributed by atoms with Crippen molar-refractivity contribution in [2.45, 2.75) is 39.8 Å². The molecule has 2 aromatic carbocycles. The monoisotopic (exact) mass is 409 g/mol. The molecule has 0 aliphatic rings. The van der Waals surface area contributed by atoms with Crippen LogP contribution < -0.4 is 5.32 Å². The van der Waals surface area contributed by atoms with Gasteiger partial charge in [-0.15, -0.1) is 0 Å². The van der Waals surface area contributed by atoms with Crippen molar-refractivity contribution in [1.82, 2.24) is 5.32 Å². The van der Waals surface area contributed by atoms with Crippen molar-refractivity contribution in [3.05, 3.63) is 71.0 Å². The van der Waals surface area contributed by atoms with Gasteiger partial charge in [0, 0.05) is 17.6 Å². The van der Waals surface area contributed by atoms with Crippen molar-refractivity contribution < 1.29 is 23.5 Å². The molecule has 3 aromatic rings. The maximum absolute atomic E-state index is 12.6. The molecule has 1 N–H and O–H groups in total. The molecule has 0 spiro atoms. The van der Waals surface area contributed by atoms with Crippen molar-refractivity contribution in [1.29, 1.82) is 0 Å². The van der Waals surface area contributed by atoms with Crippen molar-refractivity contribution in [3.8, 4) is 0 Å². The van der Waals surface area contributed by atoms with Crippen LogP contribution in [-0.2, 0) is 20.9 Å². The Bertz CT molecular complexity index is 1010. The van der Waals surface area contributed by atoms with Gasteiger partial charge in [0.15, 0.2) is 6.61 Å². The summed E-state index contributed by atoms with van der Waals surface area (Å²) in [6, 6.07) is 15.2. The number of carbonyl (C=O) groups is 2. The molecule has 0 saturated heterocycles. The topological polar surface area (TPSA) is 77.8 Å². The molecule has 0 fully saturated rings. The fourth-order valence-corrected chi connectivity index (χ4v) is 3.26. The lowest BCUT2D eigenvalue weighted by Gasteiger charge is -2.17. The molecule has 6 nitrogen and oxygen atoms in total. The molecule has 0 radical (unpaired) electrons. The normalized spacial score (nSPS) is 12.0. The molecular weight excluding hydrogens is 382 g/mol. The average molecular weight is 409 g/mol. The number of carbonyl (C=O) groups excluding carboxylic acids is 2. The van der Waals surface area contributed by atoms with Gasteiger partial charge in [-0.05, 0) is 31.9 Å². The molecule has 1 atom stereocenters. The van der Waals surface area contributed by atoms with E-state index in [0.29, 0.717) is 17.8 Å². The summed E-state index contributed by atoms with van der Waals surface area (Å²) in [6.45, 7) is 6.24. The van der Waals surface area contributed by atoms with Crippen molar-refractivity contribution in [2.75, 3.05) is 13.2 Å². The third kappa shape index (κ3) is 5.07. The Morgan fingerprint density at radius 2 is 1.80 bits per heavy atom. The van der Waals surface area contributed by atoms with Gasteiger partial charge < -0.3 is 19.2 Å². The van der Waals surface area contributed by atoms with Gasteiger partial charge in [0.25, 0.3) is 5.91 Å². The molecule has 0 aliphatic carbocycles. The van der Waals surface area contributed by atoms with Gasteiger partial charge in [0.1, 0.15) is 5.58 Å². The van der Waals surface area contributed by atoms with Crippen LogP contribution in [0.1, 0.15) is 53.6 Å². The van der Waals surface area contributed by atoms with Crippen LogP contribution in [0.25, 0.3) is 11.0 Å². The van der Waals surface area contributed by atoms with E-state index in [1.165, 1.54) is 0 Å². The fraction of sp³-hybridized carbons (Fsp3) is 0.333. The summed E-state index contributed by atoms with van der Waals surface area (Å²) >= 11 is 0. The van der Waals surface area contributed by atoms with E-state index in [1.807, 2.05) is 63.2 Å². The highest BCUT2D eigenvalue weighted by atomic mass is 16.5. The van der Waals surface area contributed by atoms with E-state index in [9.17, 15) is 9.59 Å². The third-order valence-corrected chi connectivity index (χ3v) is 4.89. The van der Waals surface area contributed by atoms with Crippen LogP contribution in [0.5, 0.6) is 0 Å². The predicted octanol–water partition coefficient (Wildman–Crippen LogP) is 4.70. The minimum Gasteiger partial charge on any atom is -0.450 e. The maximum atomic E-state index is 12.6. The largest absolute Gasteiger partial charge is 0.450 e. The Balaban J connectivity index is 1.66. The molecule has 6 heteroatoms. The molecule has 1 amide bonds. The zero-order chi connectivity index (χ0) is 21.5. The van der Waals surface area contributed by atoms with Gasteiger partial charge in [-0.1, -0.05) is 55.0 Å². The first-order valence-corrected chi connectivity index (χ1v) is 10.1. The van der Waals surface area contributed by atoms with Gasteiger partial charge in [0.05, 0.1) is 12.6 Å². The van der Waals surface area contributed by atoms with E-state index in [1.54, 1.807) is 6.07 Å². The summed E-state index contributed by atoms with van der Waals surface area (Å²) in [6.07, 6.45) is 0.727. The number of amides is 1. The van der Waals surface area contributed by atoms with Crippen LogP contribution in [0.4, 0.5) is 0 Å². The predicted molar refractivity (Wildman–Crippen MR) is 114 cm³/mol. The van der Waals surface area contributed by atoms with Crippen LogP contribution in [0, 0.1) is 6.92 Å². The van der Waals surface area contributed by atoms with Crippen LogP contribution in [0.15, 0.2) is 52.9 Å². The molecule has 158 valence electrons. The SMILES string of the molecule is CCOCc1c(C(=O)OCC(=O)N[C@@H](CC)c2ccc(C)cc2)oc2ccccc12. The first kappa shape index (κ1) is 21.6. The average Bonchev–Trinajstić information content (AvgIpc) is 3.13. The summed E-state index contributed by atoms with van der Waals surface area (Å²) in [5.74, 6) is -0.972. The summed E-state index contributed by atoms with van der Waals surface area (Å²) in [7, 11) is 0. The van der Waals surface area contributed by atoms with E-state index in [-0.39, 0.29) is 30.9 Å². The molecule has 0 saturated carbocycles. The van der Waals surface area contributed by atoms with Gasteiger partial charge in [-0.2, -0.15) is 0 Å². The lowest BCUT2D eigenvalue weighted by atomic mass is 10.0. The van der Waals surface area contributed by atoms with E-state index in [4.69, 9.17) is 13.9 Å². The molecule has 0 unspecified atom stereocenters. The van der Waals surface area contributed by atoms with Gasteiger partial charge >= 0.3 is 5.97 Å². The van der Waals surface area contributed by atoms with Crippen LogP contribution in [-0.4, -0.2) is 25.1 Å². The molecule has 1 aromatic heterocycles. The number of fused-ring (bicyclic) bond motifs is 1. The quantitative estimate of drug-likeness (QED) is 0.518. The molecule has 3 rings (SSSR count). The highest BCUT2D eigenvalue weighted by Gasteiger charge is 2.23. The second kappa shape index (κ2) is 10.1. The Kier molecular flexibility index (Phi) is 7.25. The van der Waals surface area contributed by atoms with Gasteiger partial charge in [-0.3, -0.25) is 4.79 Å². The van der Waals surface area contributed by atoms with Crippen molar-refractivity contribution in [3.63, 3.8) is 0 Å². The summed E-state index contributed by atoms with van der Waals surface area (Å²) < 4.78 is 16.4. The zero-order valence-electron chi connectivity index (χ0n) is 17.6. The number of esters is 1. The molecule has 0 bridgehead atoms. The van der Waals surface area contributed by atoms with Crippen LogP contribution >= 0.6 is 0 Å². The second-order valence-electron chi connectivity index (χ2n) is 7.06. The number of ether oxygens (including phenoxy) is 2. The van der Waals surface area contributed by atoms with Crippen LogP contribution in [0.3, 0.4) is 0 Å². The number of benzene rings is 2. The zero-order valence-corrected chi connectivity index (χ0v) is 17.6.